The predicted octanol–water partition coefficient (Wildman–Crippen LogP) is 0.555. The van der Waals surface area contributed by atoms with Gasteiger partial charge in [-0.2, -0.15) is 15.0 Å². The molecule has 6 nitrogen and oxygen atoms in total. The Morgan fingerprint density at radius 2 is 2.00 bits per heavy atom. The SMILES string of the molecule is COc1nc(N)nc(N(C)CC(C)C)n1. The molecular weight excluding hydrogens is 194 g/mol. The Labute approximate surface area is 89.5 Å². The number of anilines is 2. The fraction of sp³-hybridized carbons (Fsp3) is 0.667. The summed E-state index contributed by atoms with van der Waals surface area (Å²) in [7, 11) is 3.41. The summed E-state index contributed by atoms with van der Waals surface area (Å²) >= 11 is 0. The molecule has 15 heavy (non-hydrogen) atoms. The Bertz CT molecular complexity index is 328. The van der Waals surface area contributed by atoms with Crippen LogP contribution in [0, 0.1) is 5.92 Å². The highest BCUT2D eigenvalue weighted by Crippen LogP contribution is 2.12. The van der Waals surface area contributed by atoms with Gasteiger partial charge in [0.1, 0.15) is 0 Å². The molecule has 0 saturated heterocycles. The number of hydrogen-bond acceptors (Lipinski definition) is 6. The highest BCUT2D eigenvalue weighted by Gasteiger charge is 2.10. The van der Waals surface area contributed by atoms with Gasteiger partial charge in [-0.15, -0.1) is 0 Å². The zero-order valence-corrected chi connectivity index (χ0v) is 9.56. The molecule has 0 bridgehead atoms. The topological polar surface area (TPSA) is 77.2 Å². The number of methoxy groups -OCH3 is 1. The zero-order valence-electron chi connectivity index (χ0n) is 9.56. The van der Waals surface area contributed by atoms with Crippen LogP contribution in [0.4, 0.5) is 11.9 Å². The summed E-state index contributed by atoms with van der Waals surface area (Å²) in [4.78, 5) is 13.9. The molecule has 1 aromatic heterocycles. The van der Waals surface area contributed by atoms with Crippen molar-refractivity contribution in [1.29, 1.82) is 0 Å². The summed E-state index contributed by atoms with van der Waals surface area (Å²) in [6, 6.07) is 0.244. The molecule has 1 rings (SSSR count). The number of aromatic nitrogens is 3. The van der Waals surface area contributed by atoms with E-state index in [1.165, 1.54) is 7.11 Å². The summed E-state index contributed by atoms with van der Waals surface area (Å²) in [5, 5.41) is 0. The summed E-state index contributed by atoms with van der Waals surface area (Å²) in [6.45, 7) is 5.10. The van der Waals surface area contributed by atoms with Gasteiger partial charge >= 0.3 is 6.01 Å². The first kappa shape index (κ1) is 11.5. The van der Waals surface area contributed by atoms with Gasteiger partial charge in [0, 0.05) is 13.6 Å². The highest BCUT2D eigenvalue weighted by atomic mass is 16.5. The van der Waals surface area contributed by atoms with Gasteiger partial charge < -0.3 is 15.4 Å². The number of ether oxygens (including phenoxy) is 1. The van der Waals surface area contributed by atoms with E-state index >= 15 is 0 Å². The van der Waals surface area contributed by atoms with E-state index in [0.717, 1.165) is 6.54 Å². The van der Waals surface area contributed by atoms with Crippen LogP contribution in [0.5, 0.6) is 6.01 Å². The lowest BCUT2D eigenvalue weighted by Crippen LogP contribution is -2.25. The van der Waals surface area contributed by atoms with Gasteiger partial charge in [0.15, 0.2) is 0 Å². The van der Waals surface area contributed by atoms with Crippen LogP contribution in [0.15, 0.2) is 0 Å². The highest BCUT2D eigenvalue weighted by molar-refractivity contribution is 5.34. The molecule has 0 saturated carbocycles. The van der Waals surface area contributed by atoms with E-state index in [0.29, 0.717) is 11.9 Å². The summed E-state index contributed by atoms with van der Waals surface area (Å²) in [6.07, 6.45) is 0. The van der Waals surface area contributed by atoms with Crippen molar-refractivity contribution < 1.29 is 4.74 Å². The molecule has 0 radical (unpaired) electrons. The Kier molecular flexibility index (Phi) is 3.65. The van der Waals surface area contributed by atoms with E-state index < -0.39 is 0 Å². The molecule has 0 aliphatic rings. The number of hydrogen-bond donors (Lipinski definition) is 1. The Balaban J connectivity index is 2.88. The second-order valence-corrected chi connectivity index (χ2v) is 3.75. The standard InChI is InChI=1S/C9H17N5O/c1-6(2)5-14(3)8-11-7(10)12-9(13-8)15-4/h6H,5H2,1-4H3,(H2,10,11,12,13). The molecule has 1 aromatic rings. The van der Waals surface area contributed by atoms with E-state index in [2.05, 4.69) is 28.8 Å². The van der Waals surface area contributed by atoms with Crippen LogP contribution in [0.3, 0.4) is 0 Å². The van der Waals surface area contributed by atoms with Gasteiger partial charge in [-0.1, -0.05) is 13.8 Å². The third-order valence-electron chi connectivity index (χ3n) is 1.78. The van der Waals surface area contributed by atoms with E-state index in [4.69, 9.17) is 10.5 Å². The van der Waals surface area contributed by atoms with Crippen molar-refractivity contribution in [2.24, 2.45) is 5.92 Å². The molecule has 0 amide bonds. The van der Waals surface area contributed by atoms with Crippen molar-refractivity contribution in [2.45, 2.75) is 13.8 Å². The molecule has 0 aromatic carbocycles. The monoisotopic (exact) mass is 211 g/mol. The second kappa shape index (κ2) is 4.77. The van der Waals surface area contributed by atoms with E-state index in [9.17, 15) is 0 Å². The molecule has 0 unspecified atom stereocenters. The van der Waals surface area contributed by atoms with E-state index in [-0.39, 0.29) is 12.0 Å². The first-order chi connectivity index (χ1) is 7.02. The van der Waals surface area contributed by atoms with Crippen molar-refractivity contribution in [3.8, 4) is 6.01 Å². The first-order valence-corrected chi connectivity index (χ1v) is 4.79. The number of nitrogens with zero attached hydrogens (tertiary/aromatic N) is 4. The smallest absolute Gasteiger partial charge is 0.322 e. The molecular formula is C9H17N5O. The zero-order chi connectivity index (χ0) is 11.4. The molecule has 1 heterocycles. The summed E-state index contributed by atoms with van der Waals surface area (Å²) in [5.74, 6) is 1.24. The van der Waals surface area contributed by atoms with E-state index in [1.54, 1.807) is 0 Å². The van der Waals surface area contributed by atoms with Gasteiger partial charge in [-0.25, -0.2) is 0 Å². The lowest BCUT2D eigenvalue weighted by Gasteiger charge is -2.19. The van der Waals surface area contributed by atoms with Crippen LogP contribution in [-0.2, 0) is 0 Å². The van der Waals surface area contributed by atoms with Gasteiger partial charge in [-0.05, 0) is 5.92 Å². The maximum absolute atomic E-state index is 5.53. The molecule has 0 aliphatic heterocycles. The Hall–Kier alpha value is -1.59. The number of nitrogens with two attached hydrogens (primary N) is 1. The lowest BCUT2D eigenvalue weighted by atomic mass is 10.2. The molecule has 2 N–H and O–H groups in total. The van der Waals surface area contributed by atoms with Gasteiger partial charge in [0.25, 0.3) is 0 Å². The fourth-order valence-corrected chi connectivity index (χ4v) is 1.25. The van der Waals surface area contributed by atoms with Crippen molar-refractivity contribution in [3.05, 3.63) is 0 Å². The maximum atomic E-state index is 5.53. The Morgan fingerprint density at radius 3 is 2.53 bits per heavy atom. The largest absolute Gasteiger partial charge is 0.467 e. The molecule has 84 valence electrons. The minimum Gasteiger partial charge on any atom is -0.467 e. The van der Waals surface area contributed by atoms with Gasteiger partial charge in [0.2, 0.25) is 11.9 Å². The molecule has 0 fully saturated rings. The Morgan fingerprint density at radius 1 is 1.33 bits per heavy atom. The number of rotatable bonds is 4. The van der Waals surface area contributed by atoms with Crippen LogP contribution >= 0.6 is 0 Å². The maximum Gasteiger partial charge on any atom is 0.322 e. The van der Waals surface area contributed by atoms with Crippen LogP contribution in [0.25, 0.3) is 0 Å². The molecule has 6 heteroatoms. The van der Waals surface area contributed by atoms with Crippen LogP contribution < -0.4 is 15.4 Å². The second-order valence-electron chi connectivity index (χ2n) is 3.75. The molecule has 0 spiro atoms. The molecule has 0 atom stereocenters. The van der Waals surface area contributed by atoms with Crippen LogP contribution in [-0.4, -0.2) is 35.7 Å². The third-order valence-corrected chi connectivity index (χ3v) is 1.78. The lowest BCUT2D eigenvalue weighted by molar-refractivity contribution is 0.379. The van der Waals surface area contributed by atoms with Crippen molar-refractivity contribution in [2.75, 3.05) is 31.3 Å². The molecule has 0 aliphatic carbocycles. The third kappa shape index (κ3) is 3.23. The van der Waals surface area contributed by atoms with Crippen LogP contribution in [0.1, 0.15) is 13.8 Å². The minimum absolute atomic E-state index is 0.174. The first-order valence-electron chi connectivity index (χ1n) is 4.79. The summed E-state index contributed by atoms with van der Waals surface area (Å²) in [5.41, 5.74) is 5.53. The summed E-state index contributed by atoms with van der Waals surface area (Å²) < 4.78 is 4.92. The number of nitrogen functional groups attached to an aromatic ring is 1. The van der Waals surface area contributed by atoms with Crippen molar-refractivity contribution >= 4 is 11.9 Å². The van der Waals surface area contributed by atoms with Gasteiger partial charge in [-0.3, -0.25) is 0 Å². The fourth-order valence-electron chi connectivity index (χ4n) is 1.25. The average Bonchev–Trinajstić information content (AvgIpc) is 2.15. The van der Waals surface area contributed by atoms with E-state index in [1.807, 2.05) is 11.9 Å². The van der Waals surface area contributed by atoms with Crippen molar-refractivity contribution in [1.82, 2.24) is 15.0 Å². The van der Waals surface area contributed by atoms with Crippen LogP contribution in [0.2, 0.25) is 0 Å². The van der Waals surface area contributed by atoms with Gasteiger partial charge in [0.05, 0.1) is 7.11 Å². The quantitative estimate of drug-likeness (QED) is 0.784. The normalized spacial score (nSPS) is 10.5. The van der Waals surface area contributed by atoms with Crippen molar-refractivity contribution in [3.63, 3.8) is 0 Å². The average molecular weight is 211 g/mol. The predicted molar refractivity (Wildman–Crippen MR) is 58.9 cm³/mol. The minimum atomic E-state index is 0.174.